The Labute approximate surface area is 66.5 Å². The number of hydrogen-bond acceptors (Lipinski definition) is 2. The summed E-state index contributed by atoms with van der Waals surface area (Å²) in [5, 5.41) is 0. The van der Waals surface area contributed by atoms with Gasteiger partial charge in [-0.25, -0.2) is 0 Å². The van der Waals surface area contributed by atoms with E-state index in [1.165, 1.54) is 12.8 Å². The Morgan fingerprint density at radius 1 is 1.55 bits per heavy atom. The molecule has 1 saturated carbocycles. The second kappa shape index (κ2) is 2.48. The Bertz CT molecular complexity index is 177. The van der Waals surface area contributed by atoms with Gasteiger partial charge in [-0.15, -0.1) is 0 Å². The fourth-order valence-corrected chi connectivity index (χ4v) is 1.59. The number of amides is 1. The van der Waals surface area contributed by atoms with E-state index in [0.29, 0.717) is 6.42 Å². The highest BCUT2D eigenvalue weighted by Crippen LogP contribution is 2.30. The molecule has 1 amide bonds. The second-order valence-corrected chi connectivity index (χ2v) is 3.71. The van der Waals surface area contributed by atoms with Crippen LogP contribution in [0.25, 0.3) is 0 Å². The number of hydrogen-bond donors (Lipinski definition) is 1. The summed E-state index contributed by atoms with van der Waals surface area (Å²) in [5.41, 5.74) is 5.65. The van der Waals surface area contributed by atoms with Crippen molar-refractivity contribution < 1.29 is 4.79 Å². The van der Waals surface area contributed by atoms with Crippen molar-refractivity contribution in [3.05, 3.63) is 0 Å². The molecule has 0 spiro atoms. The molecule has 0 aromatic rings. The standard InChI is InChI=1S/C8H14N2O/c9-7-3-8(11)10(5-7)4-6-1-2-6/h6-7H,1-5,9H2/t7-/m0/s1. The Morgan fingerprint density at radius 2 is 2.27 bits per heavy atom. The molecular formula is C8H14N2O. The van der Waals surface area contributed by atoms with Crippen LogP contribution in [0.4, 0.5) is 0 Å². The zero-order valence-electron chi connectivity index (χ0n) is 6.62. The summed E-state index contributed by atoms with van der Waals surface area (Å²) in [6.45, 7) is 1.75. The van der Waals surface area contributed by atoms with Crippen molar-refractivity contribution in [3.8, 4) is 0 Å². The number of nitrogens with zero attached hydrogens (tertiary/aromatic N) is 1. The molecule has 0 radical (unpaired) electrons. The van der Waals surface area contributed by atoms with E-state index in [0.717, 1.165) is 19.0 Å². The average Bonchev–Trinajstić information content (AvgIpc) is 2.64. The molecule has 0 unspecified atom stereocenters. The van der Waals surface area contributed by atoms with Crippen LogP contribution in [0.3, 0.4) is 0 Å². The molecule has 62 valence electrons. The van der Waals surface area contributed by atoms with Gasteiger partial charge in [-0.05, 0) is 18.8 Å². The summed E-state index contributed by atoms with van der Waals surface area (Å²) >= 11 is 0. The fraction of sp³-hybridized carbons (Fsp3) is 0.875. The maximum Gasteiger partial charge on any atom is 0.224 e. The van der Waals surface area contributed by atoms with Crippen LogP contribution in [-0.4, -0.2) is 29.9 Å². The van der Waals surface area contributed by atoms with Crippen LogP contribution < -0.4 is 5.73 Å². The SMILES string of the molecule is N[C@H]1CC(=O)N(CC2CC2)C1. The summed E-state index contributed by atoms with van der Waals surface area (Å²) in [6, 6.07) is 0.0984. The summed E-state index contributed by atoms with van der Waals surface area (Å²) in [5.74, 6) is 1.05. The van der Waals surface area contributed by atoms with E-state index in [-0.39, 0.29) is 11.9 Å². The molecule has 3 heteroatoms. The monoisotopic (exact) mass is 154 g/mol. The highest BCUT2D eigenvalue weighted by molar-refractivity contribution is 5.79. The summed E-state index contributed by atoms with van der Waals surface area (Å²) in [4.78, 5) is 13.1. The molecule has 2 aliphatic rings. The smallest absolute Gasteiger partial charge is 0.224 e. The third kappa shape index (κ3) is 1.53. The quantitative estimate of drug-likeness (QED) is 0.606. The maximum absolute atomic E-state index is 11.2. The molecule has 2 fully saturated rings. The van der Waals surface area contributed by atoms with Gasteiger partial charge in [0, 0.05) is 25.6 Å². The van der Waals surface area contributed by atoms with Crippen LogP contribution in [0.2, 0.25) is 0 Å². The molecule has 1 aliphatic heterocycles. The van der Waals surface area contributed by atoms with E-state index in [9.17, 15) is 4.79 Å². The first kappa shape index (κ1) is 7.10. The van der Waals surface area contributed by atoms with Crippen LogP contribution in [-0.2, 0) is 4.79 Å². The van der Waals surface area contributed by atoms with Crippen molar-refractivity contribution in [3.63, 3.8) is 0 Å². The number of carbonyl (C=O) groups excluding carboxylic acids is 1. The Morgan fingerprint density at radius 3 is 2.73 bits per heavy atom. The first-order chi connectivity index (χ1) is 5.25. The van der Waals surface area contributed by atoms with Crippen molar-refractivity contribution in [1.82, 2.24) is 4.90 Å². The minimum Gasteiger partial charge on any atom is -0.341 e. The number of likely N-dealkylation sites (tertiary alicyclic amines) is 1. The second-order valence-electron chi connectivity index (χ2n) is 3.71. The predicted molar refractivity (Wildman–Crippen MR) is 41.9 cm³/mol. The van der Waals surface area contributed by atoms with E-state index in [1.807, 2.05) is 4.90 Å². The third-order valence-electron chi connectivity index (χ3n) is 2.42. The summed E-state index contributed by atoms with van der Waals surface area (Å²) in [7, 11) is 0. The Hall–Kier alpha value is -0.570. The molecule has 2 N–H and O–H groups in total. The largest absolute Gasteiger partial charge is 0.341 e. The Balaban J connectivity index is 1.87. The van der Waals surface area contributed by atoms with Gasteiger partial charge in [0.25, 0.3) is 0 Å². The van der Waals surface area contributed by atoms with Gasteiger partial charge in [0.05, 0.1) is 0 Å². The van der Waals surface area contributed by atoms with Crippen LogP contribution >= 0.6 is 0 Å². The van der Waals surface area contributed by atoms with Gasteiger partial charge in [0.2, 0.25) is 5.91 Å². The van der Waals surface area contributed by atoms with Crippen LogP contribution in [0.15, 0.2) is 0 Å². The highest BCUT2D eigenvalue weighted by atomic mass is 16.2. The predicted octanol–water partition coefficient (Wildman–Crippen LogP) is -0.0440. The lowest BCUT2D eigenvalue weighted by molar-refractivity contribution is -0.127. The molecular weight excluding hydrogens is 140 g/mol. The molecule has 11 heavy (non-hydrogen) atoms. The Kier molecular flexibility index (Phi) is 1.60. The third-order valence-corrected chi connectivity index (χ3v) is 2.42. The molecule has 1 heterocycles. The van der Waals surface area contributed by atoms with Crippen LogP contribution in [0.5, 0.6) is 0 Å². The molecule has 0 aromatic carbocycles. The number of rotatable bonds is 2. The first-order valence-corrected chi connectivity index (χ1v) is 4.29. The van der Waals surface area contributed by atoms with Gasteiger partial charge >= 0.3 is 0 Å². The van der Waals surface area contributed by atoms with E-state index in [1.54, 1.807) is 0 Å². The van der Waals surface area contributed by atoms with Crippen LogP contribution in [0.1, 0.15) is 19.3 Å². The highest BCUT2D eigenvalue weighted by Gasteiger charge is 2.32. The van der Waals surface area contributed by atoms with E-state index >= 15 is 0 Å². The number of carbonyl (C=O) groups is 1. The van der Waals surface area contributed by atoms with Gasteiger partial charge in [-0.2, -0.15) is 0 Å². The van der Waals surface area contributed by atoms with E-state index in [4.69, 9.17) is 5.73 Å². The van der Waals surface area contributed by atoms with Gasteiger partial charge in [0.15, 0.2) is 0 Å². The fourth-order valence-electron chi connectivity index (χ4n) is 1.59. The van der Waals surface area contributed by atoms with Crippen molar-refractivity contribution in [1.29, 1.82) is 0 Å². The van der Waals surface area contributed by atoms with Gasteiger partial charge in [-0.3, -0.25) is 4.79 Å². The average molecular weight is 154 g/mol. The number of nitrogens with two attached hydrogens (primary N) is 1. The zero-order valence-corrected chi connectivity index (χ0v) is 6.62. The van der Waals surface area contributed by atoms with Crippen molar-refractivity contribution in [2.45, 2.75) is 25.3 Å². The van der Waals surface area contributed by atoms with Crippen molar-refractivity contribution >= 4 is 5.91 Å². The van der Waals surface area contributed by atoms with Crippen LogP contribution in [0, 0.1) is 5.92 Å². The first-order valence-electron chi connectivity index (χ1n) is 4.29. The molecule has 3 nitrogen and oxygen atoms in total. The lowest BCUT2D eigenvalue weighted by Gasteiger charge is -2.14. The minimum atomic E-state index is 0.0984. The molecule has 0 bridgehead atoms. The van der Waals surface area contributed by atoms with E-state index in [2.05, 4.69) is 0 Å². The minimum absolute atomic E-state index is 0.0984. The summed E-state index contributed by atoms with van der Waals surface area (Å²) in [6.07, 6.45) is 3.17. The molecule has 1 atom stereocenters. The normalized spacial score (nSPS) is 31.5. The summed E-state index contributed by atoms with van der Waals surface area (Å²) < 4.78 is 0. The lowest BCUT2D eigenvalue weighted by Crippen LogP contribution is -2.29. The van der Waals surface area contributed by atoms with E-state index < -0.39 is 0 Å². The molecule has 2 rings (SSSR count). The van der Waals surface area contributed by atoms with Gasteiger partial charge in [0.1, 0.15) is 0 Å². The molecule has 0 aromatic heterocycles. The van der Waals surface area contributed by atoms with Gasteiger partial charge in [-0.1, -0.05) is 0 Å². The molecule has 1 aliphatic carbocycles. The zero-order chi connectivity index (χ0) is 7.84. The van der Waals surface area contributed by atoms with Gasteiger partial charge < -0.3 is 10.6 Å². The molecule has 1 saturated heterocycles. The topological polar surface area (TPSA) is 46.3 Å². The van der Waals surface area contributed by atoms with Crippen molar-refractivity contribution in [2.75, 3.05) is 13.1 Å². The maximum atomic E-state index is 11.2. The lowest BCUT2D eigenvalue weighted by atomic mass is 10.3. The van der Waals surface area contributed by atoms with Crippen molar-refractivity contribution in [2.24, 2.45) is 11.7 Å².